The third-order valence-corrected chi connectivity index (χ3v) is 6.30. The molecule has 1 fully saturated rings. The second-order valence-corrected chi connectivity index (χ2v) is 8.89. The van der Waals surface area contributed by atoms with E-state index in [2.05, 4.69) is 10.3 Å². The summed E-state index contributed by atoms with van der Waals surface area (Å²) in [5, 5.41) is 12.7. The Morgan fingerprint density at radius 1 is 1.16 bits per heavy atom. The zero-order chi connectivity index (χ0) is 23.0. The van der Waals surface area contributed by atoms with Crippen molar-refractivity contribution < 1.29 is 14.7 Å². The second kappa shape index (κ2) is 8.68. The van der Waals surface area contributed by atoms with Crippen LogP contribution in [-0.4, -0.2) is 26.7 Å². The van der Waals surface area contributed by atoms with Crippen molar-refractivity contribution in [3.8, 4) is 5.69 Å². The van der Waals surface area contributed by atoms with E-state index in [9.17, 15) is 14.7 Å². The molecule has 0 unspecified atom stereocenters. The maximum absolute atomic E-state index is 12.5. The van der Waals surface area contributed by atoms with Gasteiger partial charge in [0.1, 0.15) is 0 Å². The molecule has 2 heterocycles. The summed E-state index contributed by atoms with van der Waals surface area (Å²) >= 11 is 7.46. The first kappa shape index (κ1) is 21.9. The quantitative estimate of drug-likeness (QED) is 0.488. The second-order valence-electron chi connectivity index (χ2n) is 7.45. The minimum Gasteiger partial charge on any atom is -0.478 e. The zero-order valence-electron chi connectivity index (χ0n) is 17.6. The van der Waals surface area contributed by atoms with Crippen LogP contribution in [0.2, 0.25) is 5.02 Å². The molecule has 32 heavy (non-hydrogen) atoms. The van der Waals surface area contributed by atoms with Gasteiger partial charge in [-0.15, -0.1) is 0 Å². The van der Waals surface area contributed by atoms with Gasteiger partial charge in [-0.05, 0) is 86.1 Å². The molecule has 4 rings (SSSR count). The van der Waals surface area contributed by atoms with Crippen LogP contribution in [0.5, 0.6) is 0 Å². The van der Waals surface area contributed by atoms with Crippen molar-refractivity contribution >= 4 is 52.2 Å². The number of halogens is 1. The average molecular weight is 466 g/mol. The number of aliphatic imine (C=N–C) groups is 1. The molecule has 0 saturated carbocycles. The lowest BCUT2D eigenvalue weighted by molar-refractivity contribution is -0.115. The van der Waals surface area contributed by atoms with Gasteiger partial charge in [0.05, 0.1) is 21.2 Å². The summed E-state index contributed by atoms with van der Waals surface area (Å²) in [7, 11) is 0. The number of carbonyl (C=O) groups excluding carboxylic acids is 1. The van der Waals surface area contributed by atoms with E-state index in [-0.39, 0.29) is 16.5 Å². The number of nitrogens with one attached hydrogen (secondary N) is 1. The van der Waals surface area contributed by atoms with Gasteiger partial charge < -0.3 is 15.0 Å². The minimum absolute atomic E-state index is 0.0553. The number of amides is 1. The highest BCUT2D eigenvalue weighted by atomic mass is 35.5. The Balaban J connectivity index is 1.65. The Morgan fingerprint density at radius 3 is 2.62 bits per heavy atom. The van der Waals surface area contributed by atoms with Crippen LogP contribution in [0.25, 0.3) is 11.8 Å². The molecule has 0 atom stereocenters. The van der Waals surface area contributed by atoms with Crippen LogP contribution in [0.4, 0.5) is 5.69 Å². The number of aromatic carboxylic acids is 1. The first-order valence-electron chi connectivity index (χ1n) is 9.81. The third-order valence-electron chi connectivity index (χ3n) is 5.08. The van der Waals surface area contributed by atoms with E-state index >= 15 is 0 Å². The molecular weight excluding hydrogens is 446 g/mol. The topological polar surface area (TPSA) is 83.7 Å². The van der Waals surface area contributed by atoms with Crippen LogP contribution < -0.4 is 5.32 Å². The van der Waals surface area contributed by atoms with E-state index in [4.69, 9.17) is 11.6 Å². The van der Waals surface area contributed by atoms with E-state index in [0.717, 1.165) is 33.9 Å². The van der Waals surface area contributed by atoms with Gasteiger partial charge in [-0.3, -0.25) is 4.79 Å². The van der Waals surface area contributed by atoms with Gasteiger partial charge in [-0.1, -0.05) is 23.7 Å². The van der Waals surface area contributed by atoms with Crippen LogP contribution >= 0.6 is 23.4 Å². The highest BCUT2D eigenvalue weighted by Gasteiger charge is 2.24. The Hall–Kier alpha value is -3.29. The number of rotatable bonds is 4. The summed E-state index contributed by atoms with van der Waals surface area (Å²) in [5.41, 5.74) is 5.42. The lowest BCUT2D eigenvalue weighted by atomic mass is 10.2. The number of carboxylic acid groups (broad SMARTS) is 1. The van der Waals surface area contributed by atoms with Gasteiger partial charge in [0, 0.05) is 17.1 Å². The number of benzene rings is 2. The molecule has 1 saturated heterocycles. The molecule has 0 spiro atoms. The van der Waals surface area contributed by atoms with Crippen LogP contribution in [0.15, 0.2) is 58.4 Å². The molecule has 1 aliphatic heterocycles. The number of nitrogens with zero attached hydrogens (tertiary/aromatic N) is 2. The Bertz CT molecular complexity index is 1320. The van der Waals surface area contributed by atoms with Gasteiger partial charge in [0.15, 0.2) is 5.17 Å². The fourth-order valence-corrected chi connectivity index (χ4v) is 4.67. The third kappa shape index (κ3) is 4.35. The number of aromatic nitrogens is 1. The van der Waals surface area contributed by atoms with E-state index < -0.39 is 5.97 Å². The normalized spacial score (nSPS) is 16.1. The number of carboxylic acids is 1. The van der Waals surface area contributed by atoms with Crippen molar-refractivity contribution in [2.45, 2.75) is 20.8 Å². The van der Waals surface area contributed by atoms with E-state index in [1.807, 2.05) is 61.7 Å². The monoisotopic (exact) mass is 465 g/mol. The predicted molar refractivity (Wildman–Crippen MR) is 129 cm³/mol. The molecule has 3 aromatic rings. The molecule has 0 radical (unpaired) electrons. The Labute approximate surface area is 194 Å². The number of hydrogen-bond acceptors (Lipinski definition) is 4. The van der Waals surface area contributed by atoms with Crippen molar-refractivity contribution in [3.05, 3.63) is 86.5 Å². The number of thioether (sulfide) groups is 1. The summed E-state index contributed by atoms with van der Waals surface area (Å²) in [6, 6.07) is 14.6. The number of carbonyl (C=O) groups is 2. The SMILES string of the molecule is Cc1cccc(N=C2NC(=O)/C(=C/c3cc(C)n(-c4ccc(C(=O)O)c(Cl)c4)c3C)S2)c1. The lowest BCUT2D eigenvalue weighted by Crippen LogP contribution is -2.19. The van der Waals surface area contributed by atoms with Crippen LogP contribution in [0, 0.1) is 20.8 Å². The van der Waals surface area contributed by atoms with Crippen molar-refractivity contribution in [3.63, 3.8) is 0 Å². The van der Waals surface area contributed by atoms with Crippen molar-refractivity contribution in [2.75, 3.05) is 0 Å². The average Bonchev–Trinajstić information content (AvgIpc) is 3.19. The molecule has 2 aromatic carbocycles. The summed E-state index contributed by atoms with van der Waals surface area (Å²) in [6.07, 6.45) is 1.84. The van der Waals surface area contributed by atoms with Crippen molar-refractivity contribution in [2.24, 2.45) is 4.99 Å². The zero-order valence-corrected chi connectivity index (χ0v) is 19.2. The molecular formula is C24H20ClN3O3S. The fraction of sp³-hybridized carbons (Fsp3) is 0.125. The van der Waals surface area contributed by atoms with Gasteiger partial charge >= 0.3 is 5.97 Å². The van der Waals surface area contributed by atoms with Crippen LogP contribution in [0.1, 0.15) is 32.9 Å². The van der Waals surface area contributed by atoms with Gasteiger partial charge in [-0.2, -0.15) is 0 Å². The standard InChI is InChI=1S/C24H20ClN3O3S/c1-13-5-4-6-17(9-13)26-24-27-22(29)21(32-24)11-16-10-14(2)28(15(16)3)18-7-8-19(23(30)31)20(25)12-18/h4-12H,1-3H3,(H,30,31)(H,26,27,29)/b21-11-. The van der Waals surface area contributed by atoms with Gasteiger partial charge in [0.2, 0.25) is 0 Å². The first-order valence-corrected chi connectivity index (χ1v) is 11.0. The smallest absolute Gasteiger partial charge is 0.337 e. The minimum atomic E-state index is -1.07. The maximum atomic E-state index is 12.5. The molecule has 0 aliphatic carbocycles. The molecule has 0 bridgehead atoms. The van der Waals surface area contributed by atoms with Crippen molar-refractivity contribution in [1.82, 2.24) is 9.88 Å². The highest BCUT2D eigenvalue weighted by Crippen LogP contribution is 2.31. The van der Waals surface area contributed by atoms with Gasteiger partial charge in [-0.25, -0.2) is 9.79 Å². The molecule has 1 aliphatic rings. The lowest BCUT2D eigenvalue weighted by Gasteiger charge is -2.11. The first-order chi connectivity index (χ1) is 15.2. The van der Waals surface area contributed by atoms with Crippen LogP contribution in [-0.2, 0) is 4.79 Å². The summed E-state index contributed by atoms with van der Waals surface area (Å²) < 4.78 is 1.98. The van der Waals surface area contributed by atoms with E-state index in [0.29, 0.717) is 10.1 Å². The summed E-state index contributed by atoms with van der Waals surface area (Å²) in [6.45, 7) is 5.88. The predicted octanol–water partition coefficient (Wildman–Crippen LogP) is 5.65. The summed E-state index contributed by atoms with van der Waals surface area (Å²) in [5.74, 6) is -1.26. The van der Waals surface area contributed by atoms with Crippen LogP contribution in [0.3, 0.4) is 0 Å². The molecule has 1 aromatic heterocycles. The molecule has 162 valence electrons. The Morgan fingerprint density at radius 2 is 1.94 bits per heavy atom. The number of amidine groups is 1. The number of aryl methyl sites for hydroxylation is 2. The molecule has 1 amide bonds. The molecule has 8 heteroatoms. The fourth-order valence-electron chi connectivity index (χ4n) is 3.58. The highest BCUT2D eigenvalue weighted by molar-refractivity contribution is 8.18. The largest absolute Gasteiger partial charge is 0.478 e. The molecule has 2 N–H and O–H groups in total. The molecule has 6 nitrogen and oxygen atoms in total. The number of hydrogen-bond donors (Lipinski definition) is 2. The van der Waals surface area contributed by atoms with E-state index in [1.54, 1.807) is 12.1 Å². The Kier molecular flexibility index (Phi) is 5.95. The van der Waals surface area contributed by atoms with E-state index in [1.165, 1.54) is 17.8 Å². The van der Waals surface area contributed by atoms with Gasteiger partial charge in [0.25, 0.3) is 5.91 Å². The summed E-state index contributed by atoms with van der Waals surface area (Å²) in [4.78, 5) is 28.8. The van der Waals surface area contributed by atoms with Crippen molar-refractivity contribution in [1.29, 1.82) is 0 Å². The maximum Gasteiger partial charge on any atom is 0.337 e.